The van der Waals surface area contributed by atoms with E-state index >= 15 is 0 Å². The maximum Gasteiger partial charge on any atom is 0.291 e. The summed E-state index contributed by atoms with van der Waals surface area (Å²) in [5.74, 6) is 0.668. The lowest BCUT2D eigenvalue weighted by Gasteiger charge is -2.08. The highest BCUT2D eigenvalue weighted by atomic mass is 16.5. The molecule has 1 heterocycles. The topological polar surface area (TPSA) is 51.5 Å². The fourth-order valence-electron chi connectivity index (χ4n) is 2.81. The molecular weight excluding hydrogens is 290 g/mol. The molecule has 2 aromatic carbocycles. The van der Waals surface area contributed by atoms with E-state index in [2.05, 4.69) is 5.32 Å². The van der Waals surface area contributed by atoms with Crippen LogP contribution in [0.1, 0.15) is 27.2 Å². The van der Waals surface area contributed by atoms with Gasteiger partial charge in [0.2, 0.25) is 0 Å². The van der Waals surface area contributed by atoms with E-state index in [-0.39, 0.29) is 5.91 Å². The highest BCUT2D eigenvalue weighted by Gasteiger charge is 2.20. The average molecular weight is 309 g/mol. The molecule has 3 rings (SSSR count). The van der Waals surface area contributed by atoms with Crippen LogP contribution in [0.3, 0.4) is 0 Å². The van der Waals surface area contributed by atoms with Gasteiger partial charge in [0, 0.05) is 10.9 Å². The van der Waals surface area contributed by atoms with Crippen molar-refractivity contribution >= 4 is 22.6 Å². The van der Waals surface area contributed by atoms with Gasteiger partial charge in [0.05, 0.1) is 12.8 Å². The predicted molar refractivity (Wildman–Crippen MR) is 91.4 cm³/mol. The molecule has 0 atom stereocenters. The number of para-hydroxylation sites is 2. The van der Waals surface area contributed by atoms with E-state index in [1.54, 1.807) is 19.2 Å². The van der Waals surface area contributed by atoms with Gasteiger partial charge in [0.15, 0.2) is 5.76 Å². The first-order chi connectivity index (χ1) is 11.0. The summed E-state index contributed by atoms with van der Waals surface area (Å²) in [4.78, 5) is 12.6. The van der Waals surface area contributed by atoms with E-state index < -0.39 is 0 Å². The minimum Gasteiger partial charge on any atom is -0.495 e. The fraction of sp³-hybridized carbons (Fsp3) is 0.211. The van der Waals surface area contributed by atoms with Gasteiger partial charge in [-0.3, -0.25) is 4.79 Å². The molecule has 0 unspecified atom stereocenters. The number of carbonyl (C=O) groups is 1. The van der Waals surface area contributed by atoms with Gasteiger partial charge in [-0.15, -0.1) is 0 Å². The smallest absolute Gasteiger partial charge is 0.291 e. The quantitative estimate of drug-likeness (QED) is 0.768. The van der Waals surface area contributed by atoms with Gasteiger partial charge in [-0.25, -0.2) is 0 Å². The molecule has 0 bridgehead atoms. The van der Waals surface area contributed by atoms with Crippen LogP contribution in [-0.2, 0) is 0 Å². The molecule has 1 amide bonds. The Hall–Kier alpha value is -2.75. The Morgan fingerprint density at radius 2 is 1.87 bits per heavy atom. The van der Waals surface area contributed by atoms with Crippen molar-refractivity contribution in [3.8, 4) is 5.75 Å². The Bertz CT molecular complexity index is 893. The molecule has 0 fully saturated rings. The molecule has 0 spiro atoms. The minimum absolute atomic E-state index is 0.278. The number of anilines is 1. The molecule has 4 heteroatoms. The van der Waals surface area contributed by atoms with E-state index in [4.69, 9.17) is 9.15 Å². The van der Waals surface area contributed by atoms with Crippen molar-refractivity contribution in [1.29, 1.82) is 0 Å². The summed E-state index contributed by atoms with van der Waals surface area (Å²) >= 11 is 0. The SMILES string of the molecule is COc1ccccc1NC(=O)c1oc2c(C)cc(C)cc2c1C. The van der Waals surface area contributed by atoms with Crippen molar-refractivity contribution in [3.05, 3.63) is 58.8 Å². The zero-order valence-electron chi connectivity index (χ0n) is 13.7. The van der Waals surface area contributed by atoms with Crippen LogP contribution in [0.2, 0.25) is 0 Å². The van der Waals surface area contributed by atoms with Crippen molar-refractivity contribution in [2.24, 2.45) is 0 Å². The Morgan fingerprint density at radius 1 is 1.13 bits per heavy atom. The van der Waals surface area contributed by atoms with Gasteiger partial charge in [0.1, 0.15) is 11.3 Å². The van der Waals surface area contributed by atoms with Gasteiger partial charge < -0.3 is 14.5 Å². The number of ether oxygens (including phenoxy) is 1. The number of hydrogen-bond acceptors (Lipinski definition) is 3. The number of rotatable bonds is 3. The normalized spacial score (nSPS) is 10.8. The summed E-state index contributed by atoms with van der Waals surface area (Å²) in [6, 6.07) is 11.4. The van der Waals surface area contributed by atoms with E-state index in [9.17, 15) is 4.79 Å². The summed E-state index contributed by atoms with van der Waals surface area (Å²) in [5, 5.41) is 3.84. The maximum atomic E-state index is 12.6. The summed E-state index contributed by atoms with van der Waals surface area (Å²) in [6.45, 7) is 5.93. The lowest BCUT2D eigenvalue weighted by molar-refractivity contribution is 0.0997. The van der Waals surface area contributed by atoms with Crippen LogP contribution in [0, 0.1) is 20.8 Å². The second kappa shape index (κ2) is 5.80. The number of fused-ring (bicyclic) bond motifs is 1. The van der Waals surface area contributed by atoms with Gasteiger partial charge in [-0.2, -0.15) is 0 Å². The molecule has 1 aromatic heterocycles. The Labute approximate surface area is 135 Å². The Morgan fingerprint density at radius 3 is 2.61 bits per heavy atom. The molecular formula is C19H19NO3. The summed E-state index contributed by atoms with van der Waals surface area (Å²) in [6.07, 6.45) is 0. The lowest BCUT2D eigenvalue weighted by atomic mass is 10.1. The van der Waals surface area contributed by atoms with Gasteiger partial charge in [-0.1, -0.05) is 18.2 Å². The first-order valence-electron chi connectivity index (χ1n) is 7.46. The number of furan rings is 1. The predicted octanol–water partition coefficient (Wildman–Crippen LogP) is 4.62. The van der Waals surface area contributed by atoms with Gasteiger partial charge in [0.25, 0.3) is 5.91 Å². The van der Waals surface area contributed by atoms with E-state index in [0.29, 0.717) is 17.2 Å². The molecule has 0 saturated heterocycles. The molecule has 0 saturated carbocycles. The molecule has 1 N–H and O–H groups in total. The second-order valence-electron chi connectivity index (χ2n) is 5.67. The van der Waals surface area contributed by atoms with Crippen molar-refractivity contribution in [3.63, 3.8) is 0 Å². The van der Waals surface area contributed by atoms with Crippen LogP contribution in [0.4, 0.5) is 5.69 Å². The third kappa shape index (κ3) is 2.68. The van der Waals surface area contributed by atoms with Crippen LogP contribution in [0.5, 0.6) is 5.75 Å². The van der Waals surface area contributed by atoms with Gasteiger partial charge in [-0.05, 0) is 50.1 Å². The first-order valence-corrected chi connectivity index (χ1v) is 7.46. The number of nitrogens with one attached hydrogen (secondary N) is 1. The first kappa shape index (κ1) is 15.2. The number of hydrogen-bond donors (Lipinski definition) is 1. The van der Waals surface area contributed by atoms with E-state index in [1.165, 1.54) is 0 Å². The Kier molecular flexibility index (Phi) is 3.82. The van der Waals surface area contributed by atoms with E-state index in [1.807, 2.05) is 45.0 Å². The van der Waals surface area contributed by atoms with Crippen LogP contribution in [-0.4, -0.2) is 13.0 Å². The summed E-state index contributed by atoms with van der Waals surface area (Å²) in [5.41, 5.74) is 4.40. The third-order valence-corrected chi connectivity index (χ3v) is 3.93. The standard InChI is InChI=1S/C19H19NO3/c1-11-9-12(2)17-14(10-11)13(3)18(23-17)19(21)20-15-7-5-6-8-16(15)22-4/h5-10H,1-4H3,(H,20,21). The molecule has 0 aliphatic heterocycles. The molecule has 118 valence electrons. The van der Waals surface area contributed by atoms with Crippen molar-refractivity contribution in [2.75, 3.05) is 12.4 Å². The number of benzene rings is 2. The largest absolute Gasteiger partial charge is 0.495 e. The molecule has 23 heavy (non-hydrogen) atoms. The highest BCUT2D eigenvalue weighted by Crippen LogP contribution is 2.30. The number of aryl methyl sites for hydroxylation is 3. The van der Waals surface area contributed by atoms with Crippen LogP contribution in [0.25, 0.3) is 11.0 Å². The number of amides is 1. The molecule has 0 aliphatic carbocycles. The lowest BCUT2D eigenvalue weighted by Crippen LogP contribution is -2.12. The molecule has 4 nitrogen and oxygen atoms in total. The van der Waals surface area contributed by atoms with Crippen LogP contribution >= 0.6 is 0 Å². The second-order valence-corrected chi connectivity index (χ2v) is 5.67. The highest BCUT2D eigenvalue weighted by molar-refractivity contribution is 6.07. The van der Waals surface area contributed by atoms with Gasteiger partial charge >= 0.3 is 0 Å². The maximum absolute atomic E-state index is 12.6. The molecule has 0 aliphatic rings. The van der Waals surface area contributed by atoms with Crippen LogP contribution in [0.15, 0.2) is 40.8 Å². The Balaban J connectivity index is 2.01. The number of methoxy groups -OCH3 is 1. The zero-order chi connectivity index (χ0) is 16.6. The molecule has 3 aromatic rings. The average Bonchev–Trinajstić information content (AvgIpc) is 2.85. The van der Waals surface area contributed by atoms with Crippen LogP contribution < -0.4 is 10.1 Å². The molecule has 0 radical (unpaired) electrons. The van der Waals surface area contributed by atoms with Crippen molar-refractivity contribution < 1.29 is 13.9 Å². The zero-order valence-corrected chi connectivity index (χ0v) is 13.7. The monoisotopic (exact) mass is 309 g/mol. The number of carbonyl (C=O) groups excluding carboxylic acids is 1. The van der Waals surface area contributed by atoms with E-state index in [0.717, 1.165) is 27.7 Å². The third-order valence-electron chi connectivity index (χ3n) is 3.93. The summed E-state index contributed by atoms with van der Waals surface area (Å²) < 4.78 is 11.1. The van der Waals surface area contributed by atoms with Crippen molar-refractivity contribution in [1.82, 2.24) is 0 Å². The summed E-state index contributed by atoms with van der Waals surface area (Å²) in [7, 11) is 1.57. The minimum atomic E-state index is -0.278. The van der Waals surface area contributed by atoms with Crippen molar-refractivity contribution in [2.45, 2.75) is 20.8 Å². The fourth-order valence-corrected chi connectivity index (χ4v) is 2.81.